The predicted molar refractivity (Wildman–Crippen MR) is 119 cm³/mol. The minimum absolute atomic E-state index is 0.0447. The standard InChI is InChI=1S/C23H24F3N5O2S/c1-11-12(2)28-19-16(27-11)17(21-8-22(9-21,10-21)23(24,25)26)29-18(30-19)13-4-5-33-14(6-13)15-7-31(3)20(32)34-15/h7,13-14H,4-6,8-10H2,1-3H3/t13-,14+,21?,22?/m1/s1. The van der Waals surface area contributed by atoms with Crippen LogP contribution in [-0.2, 0) is 17.2 Å². The molecule has 1 aliphatic heterocycles. The molecule has 0 aromatic carbocycles. The molecule has 11 heteroatoms. The minimum Gasteiger partial charge on any atom is -0.373 e. The van der Waals surface area contributed by atoms with Gasteiger partial charge in [0.15, 0.2) is 5.65 Å². The zero-order chi connectivity index (χ0) is 24.0. The Bertz CT molecular complexity index is 1360. The van der Waals surface area contributed by atoms with Gasteiger partial charge in [-0.25, -0.2) is 19.9 Å². The summed E-state index contributed by atoms with van der Waals surface area (Å²) in [7, 11) is 1.71. The van der Waals surface area contributed by atoms with Crippen LogP contribution in [-0.4, -0.2) is 37.3 Å². The Balaban J connectivity index is 1.39. The lowest BCUT2D eigenvalue weighted by molar-refractivity contribution is -0.337. The average Bonchev–Trinajstić information content (AvgIpc) is 3.04. The number of halogens is 3. The van der Waals surface area contributed by atoms with Crippen molar-refractivity contribution in [3.63, 3.8) is 0 Å². The van der Waals surface area contributed by atoms with Crippen molar-refractivity contribution in [1.29, 1.82) is 0 Å². The summed E-state index contributed by atoms with van der Waals surface area (Å²) < 4.78 is 48.1. The van der Waals surface area contributed by atoms with E-state index in [0.29, 0.717) is 42.1 Å². The number of fused-ring (bicyclic) bond motifs is 1. The average molecular weight is 492 g/mol. The molecule has 3 saturated carbocycles. The molecule has 4 aliphatic rings. The number of rotatable bonds is 3. The first-order valence-corrected chi connectivity index (χ1v) is 12.2. The van der Waals surface area contributed by atoms with E-state index < -0.39 is 17.0 Å². The molecule has 180 valence electrons. The van der Waals surface area contributed by atoms with Crippen LogP contribution in [0.15, 0.2) is 11.0 Å². The second-order valence-corrected chi connectivity index (χ2v) is 11.2. The molecule has 3 aromatic rings. The maximum Gasteiger partial charge on any atom is 0.394 e. The highest BCUT2D eigenvalue weighted by atomic mass is 32.1. The Hall–Kier alpha value is -2.40. The molecule has 0 spiro atoms. The van der Waals surface area contributed by atoms with Crippen LogP contribution in [0.4, 0.5) is 13.2 Å². The fourth-order valence-electron chi connectivity index (χ4n) is 5.84. The number of thiazole rings is 1. The third-order valence-electron chi connectivity index (χ3n) is 7.87. The number of ether oxygens (including phenoxy) is 1. The zero-order valence-corrected chi connectivity index (χ0v) is 19.9. The molecule has 3 aromatic heterocycles. The van der Waals surface area contributed by atoms with E-state index in [9.17, 15) is 18.0 Å². The fraction of sp³-hybridized carbons (Fsp3) is 0.609. The molecule has 4 fully saturated rings. The molecule has 0 radical (unpaired) electrons. The highest BCUT2D eigenvalue weighted by Crippen LogP contribution is 2.78. The van der Waals surface area contributed by atoms with Gasteiger partial charge in [0.1, 0.15) is 11.3 Å². The number of hydrogen-bond acceptors (Lipinski definition) is 7. The topological polar surface area (TPSA) is 82.8 Å². The molecule has 0 N–H and O–H groups in total. The lowest BCUT2D eigenvalue weighted by atomic mass is 9.34. The van der Waals surface area contributed by atoms with Crippen molar-refractivity contribution in [2.45, 2.75) is 69.6 Å². The van der Waals surface area contributed by atoms with Crippen molar-refractivity contribution < 1.29 is 17.9 Å². The van der Waals surface area contributed by atoms with Gasteiger partial charge >= 0.3 is 11.0 Å². The van der Waals surface area contributed by atoms with Crippen molar-refractivity contribution in [3.8, 4) is 0 Å². The molecule has 7 nitrogen and oxygen atoms in total. The smallest absolute Gasteiger partial charge is 0.373 e. The van der Waals surface area contributed by atoms with Crippen LogP contribution in [0.25, 0.3) is 11.2 Å². The SMILES string of the molecule is Cc1nc2nc([C@@H]3CCO[C@H](c4cn(C)c(=O)s4)C3)nc(C34CC(C(F)(F)F)(C3)C4)c2nc1C. The largest absolute Gasteiger partial charge is 0.394 e. The summed E-state index contributed by atoms with van der Waals surface area (Å²) in [5.74, 6) is 0.541. The number of hydrogen-bond donors (Lipinski definition) is 0. The summed E-state index contributed by atoms with van der Waals surface area (Å²) in [6, 6.07) is 0. The Kier molecular flexibility index (Phi) is 4.59. The Morgan fingerprint density at radius 3 is 2.47 bits per heavy atom. The van der Waals surface area contributed by atoms with Gasteiger partial charge in [-0.15, -0.1) is 0 Å². The summed E-state index contributed by atoms with van der Waals surface area (Å²) >= 11 is 1.17. The normalized spacial score (nSPS) is 30.8. The lowest BCUT2D eigenvalue weighted by Gasteiger charge is -2.70. The summed E-state index contributed by atoms with van der Waals surface area (Å²) in [4.78, 5) is 31.7. The Labute approximate surface area is 197 Å². The van der Waals surface area contributed by atoms with Gasteiger partial charge in [0.05, 0.1) is 33.5 Å². The predicted octanol–water partition coefficient (Wildman–Crippen LogP) is 4.42. The van der Waals surface area contributed by atoms with E-state index in [0.717, 1.165) is 16.3 Å². The summed E-state index contributed by atoms with van der Waals surface area (Å²) in [6.45, 7) is 4.18. The monoisotopic (exact) mass is 491 g/mol. The first-order chi connectivity index (χ1) is 16.0. The number of aryl methyl sites for hydroxylation is 3. The summed E-state index contributed by atoms with van der Waals surface area (Å²) in [5.41, 5.74) is 0.867. The molecular formula is C23H24F3N5O2S. The maximum atomic E-state index is 13.5. The van der Waals surface area contributed by atoms with E-state index in [1.54, 1.807) is 13.2 Å². The van der Waals surface area contributed by atoms with Gasteiger partial charge in [-0.05, 0) is 46.0 Å². The molecule has 7 rings (SSSR count). The van der Waals surface area contributed by atoms with Crippen LogP contribution in [0.5, 0.6) is 0 Å². The molecule has 1 saturated heterocycles. The first kappa shape index (κ1) is 22.1. The van der Waals surface area contributed by atoms with Crippen molar-refractivity contribution >= 4 is 22.5 Å². The Morgan fingerprint density at radius 2 is 1.82 bits per heavy atom. The van der Waals surface area contributed by atoms with E-state index in [1.165, 1.54) is 15.9 Å². The van der Waals surface area contributed by atoms with Crippen molar-refractivity contribution in [2.75, 3.05) is 6.61 Å². The number of nitrogens with zero attached hydrogens (tertiary/aromatic N) is 5. The van der Waals surface area contributed by atoms with Gasteiger partial charge in [-0.3, -0.25) is 4.79 Å². The quantitative estimate of drug-likeness (QED) is 0.540. The molecule has 3 aliphatic carbocycles. The zero-order valence-electron chi connectivity index (χ0n) is 19.1. The van der Waals surface area contributed by atoms with E-state index in [2.05, 4.69) is 9.97 Å². The molecule has 34 heavy (non-hydrogen) atoms. The van der Waals surface area contributed by atoms with Crippen LogP contribution in [0, 0.1) is 19.3 Å². The van der Waals surface area contributed by atoms with Gasteiger partial charge in [-0.2, -0.15) is 13.2 Å². The van der Waals surface area contributed by atoms with Gasteiger partial charge in [0.25, 0.3) is 0 Å². The highest BCUT2D eigenvalue weighted by Gasteiger charge is 2.79. The maximum absolute atomic E-state index is 13.5. The van der Waals surface area contributed by atoms with Crippen LogP contribution in [0.2, 0.25) is 0 Å². The van der Waals surface area contributed by atoms with Gasteiger partial charge < -0.3 is 9.30 Å². The Morgan fingerprint density at radius 1 is 1.12 bits per heavy atom. The minimum atomic E-state index is -4.19. The van der Waals surface area contributed by atoms with E-state index in [4.69, 9.17) is 14.7 Å². The number of alkyl halides is 3. The highest BCUT2D eigenvalue weighted by molar-refractivity contribution is 7.09. The first-order valence-electron chi connectivity index (χ1n) is 11.4. The fourth-order valence-corrected chi connectivity index (χ4v) is 6.75. The second-order valence-electron chi connectivity index (χ2n) is 10.2. The van der Waals surface area contributed by atoms with E-state index in [1.807, 2.05) is 13.8 Å². The van der Waals surface area contributed by atoms with Crippen LogP contribution in [0.1, 0.15) is 71.9 Å². The third-order valence-corrected chi connectivity index (χ3v) is 8.94. The second kappa shape index (κ2) is 7.07. The van der Waals surface area contributed by atoms with E-state index >= 15 is 0 Å². The summed E-state index contributed by atoms with van der Waals surface area (Å²) in [6.07, 6.45) is -1.18. The van der Waals surface area contributed by atoms with Crippen molar-refractivity contribution in [1.82, 2.24) is 24.5 Å². The van der Waals surface area contributed by atoms with E-state index in [-0.39, 0.29) is 36.2 Å². The molecule has 0 unspecified atom stereocenters. The lowest BCUT2D eigenvalue weighted by Crippen LogP contribution is -2.70. The molecule has 2 atom stereocenters. The molecular weight excluding hydrogens is 467 g/mol. The van der Waals surface area contributed by atoms with Gasteiger partial charge in [0, 0.05) is 31.2 Å². The molecule has 4 heterocycles. The third kappa shape index (κ3) is 3.08. The van der Waals surface area contributed by atoms with Crippen LogP contribution < -0.4 is 4.87 Å². The number of aromatic nitrogens is 5. The molecule has 0 amide bonds. The molecule has 2 bridgehead atoms. The van der Waals surface area contributed by atoms with Crippen molar-refractivity contribution in [3.05, 3.63) is 43.6 Å². The summed E-state index contributed by atoms with van der Waals surface area (Å²) in [5, 5.41) is 0. The van der Waals surface area contributed by atoms with Gasteiger partial charge in [-0.1, -0.05) is 11.3 Å². The van der Waals surface area contributed by atoms with Crippen molar-refractivity contribution in [2.24, 2.45) is 12.5 Å². The van der Waals surface area contributed by atoms with Crippen LogP contribution in [0.3, 0.4) is 0 Å². The van der Waals surface area contributed by atoms with Crippen LogP contribution >= 0.6 is 11.3 Å². The van der Waals surface area contributed by atoms with Gasteiger partial charge in [0.2, 0.25) is 0 Å².